The fourth-order valence-electron chi connectivity index (χ4n) is 4.36. The zero-order chi connectivity index (χ0) is 27.3. The van der Waals surface area contributed by atoms with E-state index in [1.165, 1.54) is 18.4 Å². The van der Waals surface area contributed by atoms with E-state index in [4.69, 9.17) is 24.4 Å². The fraction of sp³-hybridized carbons (Fsp3) is 0.448. The van der Waals surface area contributed by atoms with E-state index in [9.17, 15) is 9.59 Å². The standard InChI is InChI=1S/C25H34N2O3.C4H4O4/c1-20(2)17-28-18-23(26-12-6-7-13-26)16-27(15-21-8-4-3-5-9-21)22-10-11-24-25(14-22)30-19-29-24;5-3(6)1-2-4(7)8/h3-5,8-11,14,20,23H,6-7,12-13,15-19H2,1-2H3;1-2H,(H,5,6)(H,7,8). The third kappa shape index (κ3) is 9.72. The number of carbonyl (C=O) groups is 2. The number of hydrogen-bond acceptors (Lipinski definition) is 7. The lowest BCUT2D eigenvalue weighted by molar-refractivity contribution is -0.134. The van der Waals surface area contributed by atoms with Crippen molar-refractivity contribution in [3.63, 3.8) is 0 Å². The third-order valence-corrected chi connectivity index (χ3v) is 6.16. The molecule has 2 aromatic carbocycles. The van der Waals surface area contributed by atoms with E-state index in [0.29, 0.717) is 30.9 Å². The van der Waals surface area contributed by atoms with Crippen molar-refractivity contribution in [3.8, 4) is 11.5 Å². The molecule has 206 valence electrons. The summed E-state index contributed by atoms with van der Waals surface area (Å²) in [5, 5.41) is 15.6. The SMILES string of the molecule is CC(C)COCC(CN(Cc1ccccc1)c1ccc2c(c1)OCO2)N1CCCC1.O=C(O)C=CC(=O)O. The average molecular weight is 527 g/mol. The van der Waals surface area contributed by atoms with Crippen LogP contribution in [0.15, 0.2) is 60.7 Å². The molecule has 0 amide bonds. The Labute approximate surface area is 224 Å². The van der Waals surface area contributed by atoms with Crippen molar-refractivity contribution < 1.29 is 34.0 Å². The molecule has 1 atom stereocenters. The summed E-state index contributed by atoms with van der Waals surface area (Å²) in [5.74, 6) is -0.299. The average Bonchev–Trinajstić information content (AvgIpc) is 3.59. The van der Waals surface area contributed by atoms with Crippen molar-refractivity contribution in [1.82, 2.24) is 4.90 Å². The minimum absolute atomic E-state index is 0.302. The molecule has 0 saturated carbocycles. The number of nitrogens with zero attached hydrogens (tertiary/aromatic N) is 2. The van der Waals surface area contributed by atoms with Crippen LogP contribution in [0, 0.1) is 5.92 Å². The van der Waals surface area contributed by atoms with Gasteiger partial charge in [0, 0.05) is 43.6 Å². The summed E-state index contributed by atoms with van der Waals surface area (Å²) in [7, 11) is 0. The number of rotatable bonds is 12. The quantitative estimate of drug-likeness (QED) is 0.392. The van der Waals surface area contributed by atoms with Gasteiger partial charge in [-0.15, -0.1) is 0 Å². The Bertz CT molecular complexity index is 1040. The van der Waals surface area contributed by atoms with Gasteiger partial charge in [-0.05, 0) is 49.5 Å². The second-order valence-electron chi connectivity index (χ2n) is 9.74. The number of aliphatic carboxylic acids is 2. The molecule has 38 heavy (non-hydrogen) atoms. The number of benzene rings is 2. The molecule has 2 aliphatic heterocycles. The number of carboxylic acids is 2. The Kier molecular flexibility index (Phi) is 11.4. The normalized spacial score (nSPS) is 15.3. The van der Waals surface area contributed by atoms with Crippen LogP contribution in [0.4, 0.5) is 5.69 Å². The number of likely N-dealkylation sites (tertiary alicyclic amines) is 1. The Morgan fingerprint density at radius 1 is 0.974 bits per heavy atom. The van der Waals surface area contributed by atoms with Gasteiger partial charge in [0.05, 0.1) is 12.6 Å². The Morgan fingerprint density at radius 3 is 2.26 bits per heavy atom. The van der Waals surface area contributed by atoms with Crippen LogP contribution in [0.2, 0.25) is 0 Å². The monoisotopic (exact) mass is 526 g/mol. The van der Waals surface area contributed by atoms with Crippen molar-refractivity contribution in [3.05, 3.63) is 66.2 Å². The second kappa shape index (κ2) is 15.0. The third-order valence-electron chi connectivity index (χ3n) is 6.16. The van der Waals surface area contributed by atoms with Crippen LogP contribution in [0.1, 0.15) is 32.3 Å². The fourth-order valence-corrected chi connectivity index (χ4v) is 4.36. The summed E-state index contributed by atoms with van der Waals surface area (Å²) in [6, 6.07) is 17.3. The molecule has 2 aromatic rings. The van der Waals surface area contributed by atoms with Crippen molar-refractivity contribution in [2.45, 2.75) is 39.3 Å². The zero-order valence-electron chi connectivity index (χ0n) is 22.1. The molecule has 1 saturated heterocycles. The van der Waals surface area contributed by atoms with E-state index in [0.717, 1.165) is 56.6 Å². The Morgan fingerprint density at radius 2 is 1.63 bits per heavy atom. The first-order valence-electron chi connectivity index (χ1n) is 13.0. The van der Waals surface area contributed by atoms with E-state index < -0.39 is 11.9 Å². The summed E-state index contributed by atoms with van der Waals surface area (Å²) in [6.45, 7) is 10.4. The van der Waals surface area contributed by atoms with E-state index in [-0.39, 0.29) is 0 Å². The number of ether oxygens (including phenoxy) is 3. The first-order chi connectivity index (χ1) is 18.3. The molecule has 0 aromatic heterocycles. The van der Waals surface area contributed by atoms with Crippen molar-refractivity contribution >= 4 is 17.6 Å². The highest BCUT2D eigenvalue weighted by atomic mass is 16.7. The van der Waals surface area contributed by atoms with Crippen LogP contribution < -0.4 is 14.4 Å². The highest BCUT2D eigenvalue weighted by molar-refractivity contribution is 5.89. The molecule has 0 spiro atoms. The molecule has 9 nitrogen and oxygen atoms in total. The molecule has 2 aliphatic rings. The topological polar surface area (TPSA) is 109 Å². The number of anilines is 1. The molecule has 2 N–H and O–H groups in total. The summed E-state index contributed by atoms with van der Waals surface area (Å²) in [6.07, 6.45) is 3.68. The highest BCUT2D eigenvalue weighted by Crippen LogP contribution is 2.36. The van der Waals surface area contributed by atoms with Crippen LogP contribution in [0.25, 0.3) is 0 Å². The molecule has 1 fully saturated rings. The summed E-state index contributed by atoms with van der Waals surface area (Å²) < 4.78 is 17.3. The lowest BCUT2D eigenvalue weighted by Gasteiger charge is -2.34. The summed E-state index contributed by atoms with van der Waals surface area (Å²) in [5.41, 5.74) is 2.47. The highest BCUT2D eigenvalue weighted by Gasteiger charge is 2.26. The van der Waals surface area contributed by atoms with Gasteiger partial charge >= 0.3 is 11.9 Å². The maximum absolute atomic E-state index is 9.55. The van der Waals surface area contributed by atoms with E-state index in [1.807, 2.05) is 6.07 Å². The van der Waals surface area contributed by atoms with E-state index in [1.54, 1.807) is 0 Å². The molecule has 9 heteroatoms. The van der Waals surface area contributed by atoms with Gasteiger partial charge in [-0.25, -0.2) is 9.59 Å². The molecule has 1 unspecified atom stereocenters. The Balaban J connectivity index is 0.000000436. The van der Waals surface area contributed by atoms with Crippen LogP contribution in [0.3, 0.4) is 0 Å². The molecule has 0 aliphatic carbocycles. The smallest absolute Gasteiger partial charge is 0.328 e. The molecular weight excluding hydrogens is 488 g/mol. The van der Waals surface area contributed by atoms with Crippen LogP contribution in [-0.4, -0.2) is 72.7 Å². The summed E-state index contributed by atoms with van der Waals surface area (Å²) >= 11 is 0. The van der Waals surface area contributed by atoms with Crippen molar-refractivity contribution in [1.29, 1.82) is 0 Å². The van der Waals surface area contributed by atoms with Gasteiger partial charge in [0.1, 0.15) is 0 Å². The van der Waals surface area contributed by atoms with Crippen molar-refractivity contribution in [2.75, 3.05) is 44.5 Å². The van der Waals surface area contributed by atoms with E-state index >= 15 is 0 Å². The largest absolute Gasteiger partial charge is 0.478 e. The molecule has 2 heterocycles. The minimum Gasteiger partial charge on any atom is -0.478 e. The van der Waals surface area contributed by atoms with Gasteiger partial charge in [0.15, 0.2) is 11.5 Å². The molecule has 4 rings (SSSR count). The van der Waals surface area contributed by atoms with Gasteiger partial charge in [-0.2, -0.15) is 0 Å². The number of carboxylic acid groups (broad SMARTS) is 2. The number of fused-ring (bicyclic) bond motifs is 1. The lowest BCUT2D eigenvalue weighted by atomic mass is 10.1. The lowest BCUT2D eigenvalue weighted by Crippen LogP contribution is -2.45. The van der Waals surface area contributed by atoms with E-state index in [2.05, 4.69) is 66.1 Å². The van der Waals surface area contributed by atoms with Gasteiger partial charge < -0.3 is 29.3 Å². The van der Waals surface area contributed by atoms with Gasteiger partial charge in [0.25, 0.3) is 0 Å². The molecule has 0 radical (unpaired) electrons. The number of hydrogen-bond donors (Lipinski definition) is 2. The first kappa shape index (κ1) is 29.0. The van der Waals surface area contributed by atoms with Crippen LogP contribution >= 0.6 is 0 Å². The predicted octanol–water partition coefficient (Wildman–Crippen LogP) is 4.27. The second-order valence-corrected chi connectivity index (χ2v) is 9.74. The van der Waals surface area contributed by atoms with Crippen LogP contribution in [-0.2, 0) is 20.9 Å². The van der Waals surface area contributed by atoms with Gasteiger partial charge in [-0.3, -0.25) is 4.90 Å². The van der Waals surface area contributed by atoms with Crippen LogP contribution in [0.5, 0.6) is 11.5 Å². The first-order valence-corrected chi connectivity index (χ1v) is 13.0. The maximum Gasteiger partial charge on any atom is 0.328 e. The minimum atomic E-state index is -1.26. The van der Waals surface area contributed by atoms with Gasteiger partial charge in [-0.1, -0.05) is 44.2 Å². The molecule has 0 bridgehead atoms. The van der Waals surface area contributed by atoms with Crippen molar-refractivity contribution in [2.24, 2.45) is 5.92 Å². The summed E-state index contributed by atoms with van der Waals surface area (Å²) in [4.78, 5) is 24.2. The zero-order valence-corrected chi connectivity index (χ0v) is 22.1. The Hall–Kier alpha value is -3.56. The maximum atomic E-state index is 9.55. The predicted molar refractivity (Wildman–Crippen MR) is 145 cm³/mol. The van der Waals surface area contributed by atoms with Gasteiger partial charge in [0.2, 0.25) is 6.79 Å². The molecular formula is C29H38N2O7.